The second-order valence-electron chi connectivity index (χ2n) is 9.06. The fourth-order valence-electron chi connectivity index (χ4n) is 4.83. The number of nitrogens with one attached hydrogen (secondary N) is 2. The van der Waals surface area contributed by atoms with Gasteiger partial charge in [0, 0.05) is 71.2 Å². The monoisotopic (exact) mass is 495 g/mol. The molecule has 190 valence electrons. The lowest BCUT2D eigenvalue weighted by molar-refractivity contribution is -0.111. The molecule has 1 amide bonds. The Kier molecular flexibility index (Phi) is 7.11. The first-order valence-corrected chi connectivity index (χ1v) is 12.2. The predicted molar refractivity (Wildman–Crippen MR) is 153 cm³/mol. The van der Waals surface area contributed by atoms with Gasteiger partial charge in [0.25, 0.3) is 0 Å². The van der Waals surface area contributed by atoms with Gasteiger partial charge in [-0.05, 0) is 62.9 Å². The van der Waals surface area contributed by atoms with Gasteiger partial charge in [0.1, 0.15) is 5.65 Å². The van der Waals surface area contributed by atoms with Crippen LogP contribution in [-0.4, -0.2) is 37.9 Å². The molecule has 0 aliphatic carbocycles. The van der Waals surface area contributed by atoms with Crippen molar-refractivity contribution in [3.8, 4) is 22.4 Å². The number of aryl methyl sites for hydroxylation is 3. The standard InChI is InChI=1S/C29H33N7O/c1-8-24(37)34-27-16(3)10-11-21(18(27)5)26-25-17(4)23(22(12-30)19(6)31-9-2)14-32-29(25)35-28(26)20-13-33-36(7)15-20/h8,10-15H,1,9,30H2,2-7H3,(H,32,35)(H,34,37)/b22-12+,31-19?. The number of anilines is 1. The molecule has 0 aliphatic rings. The summed E-state index contributed by atoms with van der Waals surface area (Å²) in [5.74, 6) is -0.252. The number of pyridine rings is 1. The third kappa shape index (κ3) is 4.58. The molecule has 3 aromatic heterocycles. The maximum absolute atomic E-state index is 12.2. The minimum absolute atomic E-state index is 0.252. The second-order valence-corrected chi connectivity index (χ2v) is 9.06. The first-order valence-electron chi connectivity index (χ1n) is 12.2. The van der Waals surface area contributed by atoms with Gasteiger partial charge >= 0.3 is 0 Å². The zero-order chi connectivity index (χ0) is 26.9. The van der Waals surface area contributed by atoms with Crippen molar-refractivity contribution in [3.63, 3.8) is 0 Å². The number of nitrogens with zero attached hydrogens (tertiary/aromatic N) is 4. The maximum atomic E-state index is 12.2. The Morgan fingerprint density at radius 2 is 2.00 bits per heavy atom. The number of benzene rings is 1. The smallest absolute Gasteiger partial charge is 0.247 e. The van der Waals surface area contributed by atoms with Crippen molar-refractivity contribution < 1.29 is 4.79 Å². The van der Waals surface area contributed by atoms with Crippen molar-refractivity contribution in [3.05, 3.63) is 71.8 Å². The number of carbonyl (C=O) groups is 1. The van der Waals surface area contributed by atoms with Gasteiger partial charge in [-0.25, -0.2) is 4.98 Å². The van der Waals surface area contributed by atoms with Crippen LogP contribution in [0.3, 0.4) is 0 Å². The number of hydrogen-bond acceptors (Lipinski definition) is 5. The molecule has 4 aromatic rings. The summed E-state index contributed by atoms with van der Waals surface area (Å²) in [6.45, 7) is 14.3. The van der Waals surface area contributed by atoms with Crippen LogP contribution < -0.4 is 11.1 Å². The van der Waals surface area contributed by atoms with Crippen LogP contribution in [0.4, 0.5) is 5.69 Å². The average molecular weight is 496 g/mol. The SMILES string of the molecule is C=CC(=O)Nc1c(C)ccc(-c2c(-c3cnn(C)c3)[nH]c3ncc(/C(=C/N)C(C)=NCC)c(C)c23)c1C. The molecule has 4 rings (SSSR count). The van der Waals surface area contributed by atoms with E-state index in [0.717, 1.165) is 72.6 Å². The first kappa shape index (κ1) is 25.6. The quantitative estimate of drug-likeness (QED) is 0.233. The van der Waals surface area contributed by atoms with Gasteiger partial charge in [-0.15, -0.1) is 0 Å². The summed E-state index contributed by atoms with van der Waals surface area (Å²) < 4.78 is 1.77. The number of aromatic amines is 1. The van der Waals surface area contributed by atoms with Crippen LogP contribution in [0, 0.1) is 20.8 Å². The summed E-state index contributed by atoms with van der Waals surface area (Å²) in [4.78, 5) is 25.1. The Morgan fingerprint density at radius 3 is 2.62 bits per heavy atom. The molecule has 37 heavy (non-hydrogen) atoms. The molecular formula is C29H33N7O. The lowest BCUT2D eigenvalue weighted by Crippen LogP contribution is -2.10. The van der Waals surface area contributed by atoms with Gasteiger partial charge in [0.15, 0.2) is 0 Å². The van der Waals surface area contributed by atoms with Crippen molar-refractivity contribution in [2.75, 3.05) is 11.9 Å². The number of hydrogen-bond donors (Lipinski definition) is 3. The average Bonchev–Trinajstić information content (AvgIpc) is 3.47. The molecule has 0 spiro atoms. The molecule has 3 heterocycles. The predicted octanol–water partition coefficient (Wildman–Crippen LogP) is 5.46. The Hall–Kier alpha value is -4.46. The van der Waals surface area contributed by atoms with E-state index in [9.17, 15) is 4.79 Å². The van der Waals surface area contributed by atoms with E-state index in [1.165, 1.54) is 6.08 Å². The Labute approximate surface area is 217 Å². The van der Waals surface area contributed by atoms with E-state index in [-0.39, 0.29) is 5.91 Å². The van der Waals surface area contributed by atoms with Crippen LogP contribution in [0.25, 0.3) is 39.0 Å². The van der Waals surface area contributed by atoms with E-state index in [2.05, 4.69) is 40.0 Å². The van der Waals surface area contributed by atoms with Crippen molar-refractivity contribution in [1.29, 1.82) is 0 Å². The van der Waals surface area contributed by atoms with E-state index in [0.29, 0.717) is 6.54 Å². The summed E-state index contributed by atoms with van der Waals surface area (Å²) in [6, 6.07) is 4.11. The summed E-state index contributed by atoms with van der Waals surface area (Å²) in [5.41, 5.74) is 17.0. The zero-order valence-electron chi connectivity index (χ0n) is 22.2. The summed E-state index contributed by atoms with van der Waals surface area (Å²) in [5, 5.41) is 8.36. The fourth-order valence-corrected chi connectivity index (χ4v) is 4.83. The van der Waals surface area contributed by atoms with E-state index >= 15 is 0 Å². The molecule has 0 unspecified atom stereocenters. The number of aromatic nitrogens is 4. The molecule has 0 aliphatic heterocycles. The molecule has 0 bridgehead atoms. The second kappa shape index (κ2) is 10.3. The van der Waals surface area contributed by atoms with Crippen molar-refractivity contribution >= 4 is 33.9 Å². The third-order valence-electron chi connectivity index (χ3n) is 6.69. The molecule has 0 saturated heterocycles. The highest BCUT2D eigenvalue weighted by atomic mass is 16.1. The molecule has 0 saturated carbocycles. The van der Waals surface area contributed by atoms with Crippen molar-refractivity contribution in [1.82, 2.24) is 19.7 Å². The van der Waals surface area contributed by atoms with Gasteiger partial charge in [0.05, 0.1) is 11.9 Å². The third-order valence-corrected chi connectivity index (χ3v) is 6.69. The maximum Gasteiger partial charge on any atom is 0.247 e. The zero-order valence-corrected chi connectivity index (χ0v) is 22.2. The Bertz CT molecular complexity index is 1580. The largest absolute Gasteiger partial charge is 0.404 e. The number of nitrogens with two attached hydrogens (primary N) is 1. The molecule has 0 fully saturated rings. The summed E-state index contributed by atoms with van der Waals surface area (Å²) in [7, 11) is 1.89. The molecule has 0 radical (unpaired) electrons. The minimum Gasteiger partial charge on any atom is -0.404 e. The minimum atomic E-state index is -0.252. The molecule has 4 N–H and O–H groups in total. The molecule has 1 aromatic carbocycles. The van der Waals surface area contributed by atoms with Gasteiger partial charge in [-0.2, -0.15) is 5.10 Å². The molecular weight excluding hydrogens is 462 g/mol. The van der Waals surface area contributed by atoms with Crippen molar-refractivity contribution in [2.24, 2.45) is 17.8 Å². The lowest BCUT2D eigenvalue weighted by Gasteiger charge is -2.17. The highest BCUT2D eigenvalue weighted by Crippen LogP contribution is 2.43. The van der Waals surface area contributed by atoms with E-state index in [1.54, 1.807) is 10.9 Å². The van der Waals surface area contributed by atoms with Crippen LogP contribution in [0.15, 0.2) is 54.6 Å². The van der Waals surface area contributed by atoms with Gasteiger partial charge in [0.2, 0.25) is 5.91 Å². The van der Waals surface area contributed by atoms with Crippen LogP contribution in [-0.2, 0) is 11.8 Å². The van der Waals surface area contributed by atoms with Gasteiger partial charge in [-0.1, -0.05) is 18.7 Å². The van der Waals surface area contributed by atoms with Gasteiger partial charge < -0.3 is 16.0 Å². The van der Waals surface area contributed by atoms with Crippen LogP contribution in [0.1, 0.15) is 36.1 Å². The van der Waals surface area contributed by atoms with E-state index in [1.807, 2.05) is 59.4 Å². The lowest BCUT2D eigenvalue weighted by atomic mass is 9.90. The first-order chi connectivity index (χ1) is 17.7. The Morgan fingerprint density at radius 1 is 1.24 bits per heavy atom. The fraction of sp³-hybridized carbons (Fsp3) is 0.241. The van der Waals surface area contributed by atoms with Crippen LogP contribution in [0.2, 0.25) is 0 Å². The Balaban J connectivity index is 2.09. The highest BCUT2D eigenvalue weighted by molar-refractivity contribution is 6.24. The number of carbonyl (C=O) groups excluding carboxylic acids is 1. The van der Waals surface area contributed by atoms with E-state index in [4.69, 9.17) is 10.7 Å². The number of rotatable bonds is 7. The van der Waals surface area contributed by atoms with Crippen molar-refractivity contribution in [2.45, 2.75) is 34.6 Å². The molecule has 0 atom stereocenters. The van der Waals surface area contributed by atoms with Crippen LogP contribution >= 0.6 is 0 Å². The number of H-pyrrole nitrogens is 1. The topological polar surface area (TPSA) is 114 Å². The number of amides is 1. The summed E-state index contributed by atoms with van der Waals surface area (Å²) >= 11 is 0. The van der Waals surface area contributed by atoms with E-state index < -0.39 is 0 Å². The number of fused-ring (bicyclic) bond motifs is 1. The van der Waals surface area contributed by atoms with Crippen LogP contribution in [0.5, 0.6) is 0 Å². The molecule has 8 nitrogen and oxygen atoms in total. The highest BCUT2D eigenvalue weighted by Gasteiger charge is 2.24. The number of aliphatic imine (C=N–C) groups is 1. The summed E-state index contributed by atoms with van der Waals surface area (Å²) in [6.07, 6.45) is 8.52. The normalized spacial score (nSPS) is 12.3. The number of allylic oxidation sites excluding steroid dienone is 1. The van der Waals surface area contributed by atoms with Gasteiger partial charge in [-0.3, -0.25) is 14.5 Å². The molecule has 8 heteroatoms.